The Labute approximate surface area is 127 Å². The fourth-order valence-corrected chi connectivity index (χ4v) is 2.02. The average Bonchev–Trinajstić information content (AvgIpc) is 2.42. The molecule has 2 N–H and O–H groups in total. The van der Waals surface area contributed by atoms with Crippen LogP contribution < -0.4 is 15.2 Å². The summed E-state index contributed by atoms with van der Waals surface area (Å²) in [4.78, 5) is 0. The summed E-state index contributed by atoms with van der Waals surface area (Å²) in [6.45, 7) is 0. The Morgan fingerprint density at radius 2 is 1.76 bits per heavy atom. The summed E-state index contributed by atoms with van der Waals surface area (Å²) in [5.74, 6) is 0.206. The number of hydrogen-bond donors (Lipinski definition) is 1. The van der Waals surface area contributed by atoms with Crippen molar-refractivity contribution in [1.82, 2.24) is 0 Å². The van der Waals surface area contributed by atoms with E-state index in [9.17, 15) is 13.2 Å². The lowest BCUT2D eigenvalue weighted by Crippen LogP contribution is -2.07. The Morgan fingerprint density at radius 1 is 1.05 bits per heavy atom. The number of methoxy groups -OCH3 is 1. The molecule has 0 aliphatic heterocycles. The summed E-state index contributed by atoms with van der Waals surface area (Å²) >= 11 is 3.01. The highest BCUT2D eigenvalue weighted by atomic mass is 79.9. The van der Waals surface area contributed by atoms with Gasteiger partial charge in [0.15, 0.2) is 5.75 Å². The third-order valence-electron chi connectivity index (χ3n) is 2.69. The van der Waals surface area contributed by atoms with Crippen LogP contribution in [0.4, 0.5) is 18.9 Å². The van der Waals surface area contributed by atoms with Crippen molar-refractivity contribution in [2.75, 3.05) is 12.8 Å². The van der Waals surface area contributed by atoms with Crippen LogP contribution in [0.2, 0.25) is 0 Å². The van der Waals surface area contributed by atoms with Gasteiger partial charge in [-0.2, -0.15) is 13.2 Å². The fraction of sp³-hybridized carbons (Fsp3) is 0.143. The van der Waals surface area contributed by atoms with Gasteiger partial charge in [-0.3, -0.25) is 0 Å². The number of halogens is 4. The van der Waals surface area contributed by atoms with Crippen molar-refractivity contribution >= 4 is 21.6 Å². The van der Waals surface area contributed by atoms with Crippen LogP contribution in [-0.4, -0.2) is 7.11 Å². The molecular weight excluding hydrogens is 351 g/mol. The van der Waals surface area contributed by atoms with E-state index in [0.717, 1.165) is 6.07 Å². The van der Waals surface area contributed by atoms with E-state index < -0.39 is 11.7 Å². The number of hydrogen-bond acceptors (Lipinski definition) is 3. The van der Waals surface area contributed by atoms with Crippen molar-refractivity contribution in [2.24, 2.45) is 0 Å². The molecule has 0 fully saturated rings. The van der Waals surface area contributed by atoms with Crippen molar-refractivity contribution < 1.29 is 22.6 Å². The third kappa shape index (κ3) is 3.60. The molecule has 0 heterocycles. The van der Waals surface area contributed by atoms with Crippen molar-refractivity contribution in [2.45, 2.75) is 6.18 Å². The highest BCUT2D eigenvalue weighted by molar-refractivity contribution is 9.10. The normalized spacial score (nSPS) is 11.3. The van der Waals surface area contributed by atoms with Crippen LogP contribution in [-0.2, 0) is 6.18 Å². The van der Waals surface area contributed by atoms with E-state index in [1.165, 1.54) is 31.4 Å². The second kappa shape index (κ2) is 5.85. The molecule has 0 atom stereocenters. The smallest absolute Gasteiger partial charge is 0.420 e. The van der Waals surface area contributed by atoms with Crippen LogP contribution in [0, 0.1) is 0 Å². The predicted octanol–water partition coefficient (Wildman–Crippen LogP) is 4.85. The lowest BCUT2D eigenvalue weighted by atomic mass is 10.2. The van der Waals surface area contributed by atoms with Crippen molar-refractivity contribution in [3.05, 3.63) is 46.4 Å². The molecule has 2 aromatic carbocycles. The first-order chi connectivity index (χ1) is 9.81. The lowest BCUT2D eigenvalue weighted by Gasteiger charge is -2.15. The maximum Gasteiger partial charge on any atom is 0.420 e. The van der Waals surface area contributed by atoms with E-state index in [0.29, 0.717) is 10.2 Å². The number of anilines is 1. The largest absolute Gasteiger partial charge is 0.497 e. The summed E-state index contributed by atoms with van der Waals surface area (Å²) in [7, 11) is 1.44. The zero-order chi connectivity index (χ0) is 15.6. The van der Waals surface area contributed by atoms with E-state index in [2.05, 4.69) is 15.9 Å². The summed E-state index contributed by atoms with van der Waals surface area (Å²) < 4.78 is 49.7. The number of benzene rings is 2. The molecule has 0 amide bonds. The SMILES string of the molecule is COc1ccc(N)c(Oc2ccc(Br)cc2C(F)(F)F)c1. The molecule has 0 aliphatic carbocycles. The molecule has 0 radical (unpaired) electrons. The molecule has 0 saturated carbocycles. The van der Waals surface area contributed by atoms with Crippen LogP contribution in [0.25, 0.3) is 0 Å². The minimum Gasteiger partial charge on any atom is -0.497 e. The Kier molecular flexibility index (Phi) is 4.32. The monoisotopic (exact) mass is 361 g/mol. The molecule has 0 spiro atoms. The molecular formula is C14H11BrF3NO2. The van der Waals surface area contributed by atoms with Gasteiger partial charge in [-0.1, -0.05) is 15.9 Å². The zero-order valence-corrected chi connectivity index (χ0v) is 12.5. The molecule has 21 heavy (non-hydrogen) atoms. The maximum atomic E-state index is 13.0. The fourth-order valence-electron chi connectivity index (χ4n) is 1.66. The molecule has 112 valence electrons. The first-order valence-electron chi connectivity index (χ1n) is 5.79. The van der Waals surface area contributed by atoms with Gasteiger partial charge in [-0.25, -0.2) is 0 Å². The average molecular weight is 362 g/mol. The molecule has 2 aromatic rings. The van der Waals surface area contributed by atoms with Crippen LogP contribution in [0.3, 0.4) is 0 Å². The predicted molar refractivity (Wildman–Crippen MR) is 76.6 cm³/mol. The molecule has 0 aliphatic rings. The van der Waals surface area contributed by atoms with E-state index in [1.807, 2.05) is 0 Å². The van der Waals surface area contributed by atoms with E-state index in [4.69, 9.17) is 15.2 Å². The van der Waals surface area contributed by atoms with Gasteiger partial charge < -0.3 is 15.2 Å². The van der Waals surface area contributed by atoms with Crippen LogP contribution in [0.5, 0.6) is 17.2 Å². The minimum atomic E-state index is -4.53. The Morgan fingerprint density at radius 3 is 2.38 bits per heavy atom. The molecule has 0 aromatic heterocycles. The Bertz CT molecular complexity index is 659. The summed E-state index contributed by atoms with van der Waals surface area (Å²) in [5.41, 5.74) is 5.03. The van der Waals surface area contributed by atoms with Gasteiger partial charge in [0, 0.05) is 10.5 Å². The van der Waals surface area contributed by atoms with E-state index in [-0.39, 0.29) is 17.2 Å². The molecule has 0 unspecified atom stereocenters. The van der Waals surface area contributed by atoms with E-state index >= 15 is 0 Å². The minimum absolute atomic E-state index is 0.0992. The second-order valence-corrected chi connectivity index (χ2v) is 5.06. The van der Waals surface area contributed by atoms with Gasteiger partial charge in [0.25, 0.3) is 0 Å². The van der Waals surface area contributed by atoms with Gasteiger partial charge in [-0.05, 0) is 30.3 Å². The number of alkyl halides is 3. The first kappa shape index (κ1) is 15.5. The summed E-state index contributed by atoms with van der Waals surface area (Å²) in [6, 6.07) is 8.16. The Balaban J connectivity index is 2.45. The number of nitrogens with two attached hydrogens (primary N) is 1. The molecule has 2 rings (SSSR count). The summed E-state index contributed by atoms with van der Waals surface area (Å²) in [5, 5.41) is 0. The zero-order valence-electron chi connectivity index (χ0n) is 10.9. The highest BCUT2D eigenvalue weighted by Gasteiger charge is 2.35. The number of nitrogen functional groups attached to an aromatic ring is 1. The maximum absolute atomic E-state index is 13.0. The topological polar surface area (TPSA) is 44.5 Å². The summed E-state index contributed by atoms with van der Waals surface area (Å²) in [6.07, 6.45) is -4.53. The van der Waals surface area contributed by atoms with Crippen molar-refractivity contribution in [1.29, 1.82) is 0 Å². The molecule has 0 saturated heterocycles. The molecule has 7 heteroatoms. The van der Waals surface area contributed by atoms with Crippen molar-refractivity contribution in [3.63, 3.8) is 0 Å². The van der Waals surface area contributed by atoms with Gasteiger partial charge in [0.1, 0.15) is 11.5 Å². The van der Waals surface area contributed by atoms with Gasteiger partial charge >= 0.3 is 6.18 Å². The second-order valence-electron chi connectivity index (χ2n) is 4.14. The quantitative estimate of drug-likeness (QED) is 0.794. The van der Waals surface area contributed by atoms with Crippen LogP contribution in [0.15, 0.2) is 40.9 Å². The highest BCUT2D eigenvalue weighted by Crippen LogP contribution is 2.41. The lowest BCUT2D eigenvalue weighted by molar-refractivity contribution is -0.138. The van der Waals surface area contributed by atoms with Crippen molar-refractivity contribution in [3.8, 4) is 17.2 Å². The van der Waals surface area contributed by atoms with Gasteiger partial charge in [0.2, 0.25) is 0 Å². The molecule has 0 bridgehead atoms. The third-order valence-corrected chi connectivity index (χ3v) is 3.18. The van der Waals surface area contributed by atoms with Crippen LogP contribution >= 0.6 is 15.9 Å². The van der Waals surface area contributed by atoms with E-state index in [1.54, 1.807) is 6.07 Å². The van der Waals surface area contributed by atoms with Crippen LogP contribution in [0.1, 0.15) is 5.56 Å². The number of ether oxygens (including phenoxy) is 2. The Hall–Kier alpha value is -1.89. The first-order valence-corrected chi connectivity index (χ1v) is 6.58. The number of rotatable bonds is 3. The molecule has 3 nitrogen and oxygen atoms in total. The van der Waals surface area contributed by atoms with Gasteiger partial charge in [-0.15, -0.1) is 0 Å². The standard InChI is InChI=1S/C14H11BrF3NO2/c1-20-9-3-4-11(19)13(7-9)21-12-5-2-8(15)6-10(12)14(16,17)18/h2-7H,19H2,1H3. The van der Waals surface area contributed by atoms with Gasteiger partial charge in [0.05, 0.1) is 18.4 Å².